The van der Waals surface area contributed by atoms with Crippen molar-refractivity contribution in [3.05, 3.63) is 30.1 Å². The Hall–Kier alpha value is -0.970. The fraction of sp³-hybridized carbons (Fsp3) is 0.667. The summed E-state index contributed by atoms with van der Waals surface area (Å²) in [5, 5.41) is 3.36. The Morgan fingerprint density at radius 2 is 2.05 bits per heavy atom. The van der Waals surface area contributed by atoms with Crippen LogP contribution < -0.4 is 5.32 Å². The molecule has 0 amide bonds. The van der Waals surface area contributed by atoms with Crippen molar-refractivity contribution in [2.75, 3.05) is 26.7 Å². The third kappa shape index (κ3) is 4.90. The first-order valence-corrected chi connectivity index (χ1v) is 7.21. The molecule has 0 bridgehead atoms. The molecule has 4 nitrogen and oxygen atoms in total. The number of ether oxygens (including phenoxy) is 1. The SMILES string of the molecule is CCNCC1CCC(CN(C)Cc2ccncc2)O1. The Bertz CT molecular complexity index is 358. The van der Waals surface area contributed by atoms with Crippen LogP contribution in [0.2, 0.25) is 0 Å². The van der Waals surface area contributed by atoms with E-state index >= 15 is 0 Å². The van der Waals surface area contributed by atoms with Crippen LogP contribution in [0, 0.1) is 0 Å². The van der Waals surface area contributed by atoms with Crippen LogP contribution in [0.5, 0.6) is 0 Å². The molecule has 1 fully saturated rings. The Labute approximate surface area is 116 Å². The molecule has 0 spiro atoms. The van der Waals surface area contributed by atoms with E-state index < -0.39 is 0 Å². The van der Waals surface area contributed by atoms with Gasteiger partial charge in [-0.15, -0.1) is 0 Å². The van der Waals surface area contributed by atoms with Gasteiger partial charge in [-0.05, 0) is 44.1 Å². The number of hydrogen-bond donors (Lipinski definition) is 1. The lowest BCUT2D eigenvalue weighted by atomic mass is 10.2. The predicted molar refractivity (Wildman–Crippen MR) is 77.0 cm³/mol. The van der Waals surface area contributed by atoms with E-state index in [0.29, 0.717) is 12.2 Å². The largest absolute Gasteiger partial charge is 0.372 e. The molecular formula is C15H25N3O. The lowest BCUT2D eigenvalue weighted by molar-refractivity contribution is 0.0270. The van der Waals surface area contributed by atoms with Crippen LogP contribution in [0.3, 0.4) is 0 Å². The monoisotopic (exact) mass is 263 g/mol. The van der Waals surface area contributed by atoms with E-state index in [4.69, 9.17) is 4.74 Å². The first kappa shape index (κ1) is 14.4. The van der Waals surface area contributed by atoms with Crippen molar-refractivity contribution in [1.29, 1.82) is 0 Å². The molecule has 2 atom stereocenters. The standard InChI is InChI=1S/C15H25N3O/c1-3-16-10-14-4-5-15(19-14)12-18(2)11-13-6-8-17-9-7-13/h6-9,14-16H,3-5,10-12H2,1-2H3. The number of nitrogens with one attached hydrogen (secondary N) is 1. The molecule has 0 saturated carbocycles. The molecule has 19 heavy (non-hydrogen) atoms. The summed E-state index contributed by atoms with van der Waals surface area (Å²) in [6.07, 6.45) is 6.84. The molecule has 2 unspecified atom stereocenters. The van der Waals surface area contributed by atoms with Gasteiger partial charge in [-0.2, -0.15) is 0 Å². The average molecular weight is 263 g/mol. The van der Waals surface area contributed by atoms with Gasteiger partial charge in [0.05, 0.1) is 12.2 Å². The average Bonchev–Trinajstić information content (AvgIpc) is 2.85. The van der Waals surface area contributed by atoms with Gasteiger partial charge in [0.2, 0.25) is 0 Å². The summed E-state index contributed by atoms with van der Waals surface area (Å²) in [5.74, 6) is 0. The Balaban J connectivity index is 1.70. The second kappa shape index (κ2) is 7.58. The lowest BCUT2D eigenvalue weighted by Crippen LogP contribution is -2.31. The van der Waals surface area contributed by atoms with Crippen molar-refractivity contribution in [1.82, 2.24) is 15.2 Å². The van der Waals surface area contributed by atoms with Crippen molar-refractivity contribution in [3.8, 4) is 0 Å². The molecule has 1 aliphatic rings. The minimum absolute atomic E-state index is 0.385. The number of hydrogen-bond acceptors (Lipinski definition) is 4. The topological polar surface area (TPSA) is 37.4 Å². The molecular weight excluding hydrogens is 238 g/mol. The van der Waals surface area contributed by atoms with E-state index in [0.717, 1.165) is 26.2 Å². The van der Waals surface area contributed by atoms with Crippen LogP contribution in [-0.2, 0) is 11.3 Å². The normalized spacial score (nSPS) is 23.1. The Morgan fingerprint density at radius 3 is 2.79 bits per heavy atom. The van der Waals surface area contributed by atoms with Gasteiger partial charge in [0.15, 0.2) is 0 Å². The van der Waals surface area contributed by atoms with Gasteiger partial charge in [-0.25, -0.2) is 0 Å². The molecule has 1 saturated heterocycles. The number of nitrogens with zero attached hydrogens (tertiary/aromatic N) is 2. The lowest BCUT2D eigenvalue weighted by Gasteiger charge is -2.21. The van der Waals surface area contributed by atoms with Crippen molar-refractivity contribution >= 4 is 0 Å². The first-order chi connectivity index (χ1) is 9.28. The minimum Gasteiger partial charge on any atom is -0.372 e. The molecule has 106 valence electrons. The van der Waals surface area contributed by atoms with E-state index in [1.165, 1.54) is 18.4 Å². The predicted octanol–water partition coefficient (Wildman–Crippen LogP) is 1.67. The zero-order valence-corrected chi connectivity index (χ0v) is 12.0. The van der Waals surface area contributed by atoms with E-state index in [1.54, 1.807) is 0 Å². The van der Waals surface area contributed by atoms with Gasteiger partial charge in [-0.3, -0.25) is 9.88 Å². The summed E-state index contributed by atoms with van der Waals surface area (Å²) in [6, 6.07) is 4.14. The summed E-state index contributed by atoms with van der Waals surface area (Å²) in [5.41, 5.74) is 1.31. The summed E-state index contributed by atoms with van der Waals surface area (Å²) >= 11 is 0. The summed E-state index contributed by atoms with van der Waals surface area (Å²) in [7, 11) is 2.15. The van der Waals surface area contributed by atoms with Gasteiger partial charge in [-0.1, -0.05) is 6.92 Å². The highest BCUT2D eigenvalue weighted by molar-refractivity contribution is 5.09. The third-order valence-electron chi connectivity index (χ3n) is 3.53. The van der Waals surface area contributed by atoms with Crippen LogP contribution in [0.4, 0.5) is 0 Å². The van der Waals surface area contributed by atoms with Gasteiger partial charge >= 0.3 is 0 Å². The second-order valence-corrected chi connectivity index (χ2v) is 5.32. The molecule has 1 aliphatic heterocycles. The van der Waals surface area contributed by atoms with E-state index in [9.17, 15) is 0 Å². The highest BCUT2D eigenvalue weighted by Crippen LogP contribution is 2.20. The molecule has 1 aromatic rings. The minimum atomic E-state index is 0.385. The highest BCUT2D eigenvalue weighted by Gasteiger charge is 2.25. The molecule has 0 aliphatic carbocycles. The Kier molecular flexibility index (Phi) is 5.76. The highest BCUT2D eigenvalue weighted by atomic mass is 16.5. The first-order valence-electron chi connectivity index (χ1n) is 7.21. The van der Waals surface area contributed by atoms with Crippen molar-refractivity contribution in [2.24, 2.45) is 0 Å². The van der Waals surface area contributed by atoms with Crippen LogP contribution in [0.1, 0.15) is 25.3 Å². The van der Waals surface area contributed by atoms with Crippen molar-refractivity contribution in [3.63, 3.8) is 0 Å². The molecule has 0 radical (unpaired) electrons. The number of pyridine rings is 1. The van der Waals surface area contributed by atoms with E-state index in [-0.39, 0.29) is 0 Å². The summed E-state index contributed by atoms with van der Waals surface area (Å²) in [6.45, 7) is 6.10. The molecule has 1 N–H and O–H groups in total. The van der Waals surface area contributed by atoms with Gasteiger partial charge in [0, 0.05) is 32.0 Å². The van der Waals surface area contributed by atoms with Crippen molar-refractivity contribution in [2.45, 2.75) is 38.5 Å². The van der Waals surface area contributed by atoms with Crippen LogP contribution in [0.15, 0.2) is 24.5 Å². The van der Waals surface area contributed by atoms with E-state index in [2.05, 4.69) is 41.3 Å². The molecule has 2 heterocycles. The third-order valence-corrected chi connectivity index (χ3v) is 3.53. The molecule has 0 aromatic carbocycles. The fourth-order valence-corrected chi connectivity index (χ4v) is 2.58. The van der Waals surface area contributed by atoms with Gasteiger partial charge in [0.1, 0.15) is 0 Å². The maximum absolute atomic E-state index is 6.06. The molecule has 4 heteroatoms. The van der Waals surface area contributed by atoms with Crippen LogP contribution >= 0.6 is 0 Å². The van der Waals surface area contributed by atoms with Crippen molar-refractivity contribution < 1.29 is 4.74 Å². The zero-order valence-electron chi connectivity index (χ0n) is 12.0. The summed E-state index contributed by atoms with van der Waals surface area (Å²) < 4.78 is 6.06. The quantitative estimate of drug-likeness (QED) is 0.812. The number of aromatic nitrogens is 1. The second-order valence-electron chi connectivity index (χ2n) is 5.32. The van der Waals surface area contributed by atoms with Gasteiger partial charge < -0.3 is 10.1 Å². The number of likely N-dealkylation sites (N-methyl/N-ethyl adjacent to an activating group) is 2. The Morgan fingerprint density at radius 1 is 1.32 bits per heavy atom. The zero-order chi connectivity index (χ0) is 13.5. The summed E-state index contributed by atoms with van der Waals surface area (Å²) in [4.78, 5) is 6.37. The van der Waals surface area contributed by atoms with E-state index in [1.807, 2.05) is 12.4 Å². The van der Waals surface area contributed by atoms with Crippen LogP contribution in [-0.4, -0.2) is 48.8 Å². The fourth-order valence-electron chi connectivity index (χ4n) is 2.58. The molecule has 2 rings (SSSR count). The molecule has 1 aromatic heterocycles. The smallest absolute Gasteiger partial charge is 0.0707 e. The number of rotatable bonds is 7. The maximum atomic E-state index is 6.06. The maximum Gasteiger partial charge on any atom is 0.0707 e. The van der Waals surface area contributed by atoms with Crippen LogP contribution in [0.25, 0.3) is 0 Å². The van der Waals surface area contributed by atoms with Gasteiger partial charge in [0.25, 0.3) is 0 Å².